The van der Waals surface area contributed by atoms with Crippen molar-refractivity contribution in [3.8, 4) is 0 Å². The molecule has 0 saturated carbocycles. The van der Waals surface area contributed by atoms with Crippen molar-refractivity contribution in [1.82, 2.24) is 10.2 Å². The number of carbonyl (C=O) groups is 2. The molecule has 0 aliphatic carbocycles. The molecule has 1 fully saturated rings. The van der Waals surface area contributed by atoms with Crippen molar-refractivity contribution < 1.29 is 18.7 Å². The van der Waals surface area contributed by atoms with Crippen LogP contribution >= 0.6 is 0 Å². The normalized spacial score (nSPS) is 20.3. The van der Waals surface area contributed by atoms with E-state index in [0.29, 0.717) is 18.9 Å². The van der Waals surface area contributed by atoms with Crippen LogP contribution in [0.15, 0.2) is 46.9 Å². The first-order chi connectivity index (χ1) is 12.0. The summed E-state index contributed by atoms with van der Waals surface area (Å²) < 4.78 is 11.5. The van der Waals surface area contributed by atoms with Crippen LogP contribution in [0.25, 0.3) is 0 Å². The van der Waals surface area contributed by atoms with Crippen molar-refractivity contribution in [1.29, 1.82) is 0 Å². The molecule has 2 heterocycles. The molecule has 3 rings (SSSR count). The molecule has 0 radical (unpaired) electrons. The molecule has 0 unspecified atom stereocenters. The number of benzene rings is 1. The molecule has 25 heavy (non-hydrogen) atoms. The predicted octanol–water partition coefficient (Wildman–Crippen LogP) is 2.52. The van der Waals surface area contributed by atoms with E-state index in [9.17, 15) is 9.59 Å². The molecule has 1 aliphatic rings. The van der Waals surface area contributed by atoms with E-state index in [1.807, 2.05) is 37.3 Å². The first-order valence-electron chi connectivity index (χ1n) is 8.35. The first-order valence-corrected chi connectivity index (χ1v) is 8.35. The van der Waals surface area contributed by atoms with Gasteiger partial charge in [-0.1, -0.05) is 30.3 Å². The number of amides is 2. The Morgan fingerprint density at radius 3 is 2.68 bits per heavy atom. The molecule has 1 aromatic heterocycles. The van der Waals surface area contributed by atoms with Gasteiger partial charge in [-0.3, -0.25) is 9.59 Å². The minimum atomic E-state index is -0.161. The van der Waals surface area contributed by atoms with Gasteiger partial charge in [0, 0.05) is 6.92 Å². The number of ether oxygens (including phenoxy) is 1. The van der Waals surface area contributed by atoms with Gasteiger partial charge in [0.1, 0.15) is 11.9 Å². The molecule has 6 heteroatoms. The third kappa shape index (κ3) is 4.09. The summed E-state index contributed by atoms with van der Waals surface area (Å²) >= 11 is 0. The Morgan fingerprint density at radius 1 is 1.20 bits per heavy atom. The molecular weight excluding hydrogens is 320 g/mol. The molecule has 2 amide bonds. The zero-order chi connectivity index (χ0) is 17.8. The Balaban J connectivity index is 1.70. The van der Waals surface area contributed by atoms with E-state index >= 15 is 0 Å². The van der Waals surface area contributed by atoms with Crippen molar-refractivity contribution in [2.24, 2.45) is 0 Å². The number of hydrogen-bond donors (Lipinski definition) is 1. The molecule has 0 bridgehead atoms. The summed E-state index contributed by atoms with van der Waals surface area (Å²) in [4.78, 5) is 25.6. The highest BCUT2D eigenvalue weighted by atomic mass is 16.5. The van der Waals surface area contributed by atoms with Crippen LogP contribution in [0.4, 0.5) is 0 Å². The lowest BCUT2D eigenvalue weighted by atomic mass is 10.1. The Labute approximate surface area is 146 Å². The number of nitrogens with one attached hydrogen (secondary N) is 1. The fourth-order valence-electron chi connectivity index (χ4n) is 2.85. The smallest absolute Gasteiger partial charge is 0.289 e. The Morgan fingerprint density at radius 2 is 1.96 bits per heavy atom. The zero-order valence-electron chi connectivity index (χ0n) is 14.4. The lowest BCUT2D eigenvalue weighted by Crippen LogP contribution is -2.48. The fraction of sp³-hybridized carbons (Fsp3) is 0.368. The van der Waals surface area contributed by atoms with E-state index in [4.69, 9.17) is 9.15 Å². The lowest BCUT2D eigenvalue weighted by Gasteiger charge is -2.37. The van der Waals surface area contributed by atoms with Gasteiger partial charge in [-0.15, -0.1) is 0 Å². The summed E-state index contributed by atoms with van der Waals surface area (Å²) in [6.45, 7) is 4.62. The molecule has 6 nitrogen and oxygen atoms in total. The van der Waals surface area contributed by atoms with Gasteiger partial charge in [-0.05, 0) is 24.6 Å². The second-order valence-electron chi connectivity index (χ2n) is 6.21. The summed E-state index contributed by atoms with van der Waals surface area (Å²) in [7, 11) is 0. The maximum Gasteiger partial charge on any atom is 0.289 e. The zero-order valence-corrected chi connectivity index (χ0v) is 14.4. The average Bonchev–Trinajstić information content (AvgIpc) is 3.09. The van der Waals surface area contributed by atoms with Crippen LogP contribution in [0.3, 0.4) is 0 Å². The molecular formula is C19H22N2O4. The SMILES string of the molecule is CC(=O)NCc1ccc(C(=O)N2C[C@@H](c3ccccc3)OC[C@H]2C)o1. The fourth-order valence-corrected chi connectivity index (χ4v) is 2.85. The second kappa shape index (κ2) is 7.53. The van der Waals surface area contributed by atoms with Crippen molar-refractivity contribution in [3.05, 3.63) is 59.5 Å². The number of hydrogen-bond acceptors (Lipinski definition) is 4. The number of rotatable bonds is 4. The van der Waals surface area contributed by atoms with Crippen molar-refractivity contribution >= 4 is 11.8 Å². The van der Waals surface area contributed by atoms with Gasteiger partial charge >= 0.3 is 0 Å². The maximum atomic E-state index is 12.8. The molecule has 1 aliphatic heterocycles. The van der Waals surface area contributed by atoms with E-state index < -0.39 is 0 Å². The van der Waals surface area contributed by atoms with Crippen LogP contribution < -0.4 is 5.32 Å². The largest absolute Gasteiger partial charge is 0.454 e. The highest BCUT2D eigenvalue weighted by molar-refractivity contribution is 5.91. The van der Waals surface area contributed by atoms with Crippen molar-refractivity contribution in [2.45, 2.75) is 32.5 Å². The molecule has 132 valence electrons. The van der Waals surface area contributed by atoms with Gasteiger partial charge in [0.15, 0.2) is 5.76 Å². The summed E-state index contributed by atoms with van der Waals surface area (Å²) in [6.07, 6.45) is -0.143. The second-order valence-corrected chi connectivity index (χ2v) is 6.21. The highest BCUT2D eigenvalue weighted by Gasteiger charge is 2.32. The standard InChI is InChI=1S/C19H22N2O4/c1-13-12-24-18(15-6-4-3-5-7-15)11-21(13)19(23)17-9-8-16(25-17)10-20-14(2)22/h3-9,13,18H,10-12H2,1-2H3,(H,20,22)/t13-,18+/m1/s1. The van der Waals surface area contributed by atoms with Crippen LogP contribution in [0.2, 0.25) is 0 Å². The van der Waals surface area contributed by atoms with E-state index in [0.717, 1.165) is 5.56 Å². The molecule has 1 saturated heterocycles. The van der Waals surface area contributed by atoms with Crippen LogP contribution in [0.5, 0.6) is 0 Å². The van der Waals surface area contributed by atoms with Gasteiger partial charge in [-0.25, -0.2) is 0 Å². The van der Waals surface area contributed by atoms with E-state index in [1.165, 1.54) is 6.92 Å². The maximum absolute atomic E-state index is 12.8. The van der Waals surface area contributed by atoms with Crippen LogP contribution in [-0.2, 0) is 16.1 Å². The third-order valence-electron chi connectivity index (χ3n) is 4.25. The van der Waals surface area contributed by atoms with Gasteiger partial charge in [0.25, 0.3) is 5.91 Å². The minimum absolute atomic E-state index is 0.0312. The van der Waals surface area contributed by atoms with Gasteiger partial charge in [0.2, 0.25) is 5.91 Å². The van der Waals surface area contributed by atoms with E-state index in [2.05, 4.69) is 5.32 Å². The summed E-state index contributed by atoms with van der Waals surface area (Å²) in [5.74, 6) is 0.530. The highest BCUT2D eigenvalue weighted by Crippen LogP contribution is 2.26. The van der Waals surface area contributed by atoms with Gasteiger partial charge < -0.3 is 19.4 Å². The van der Waals surface area contributed by atoms with E-state index in [1.54, 1.807) is 17.0 Å². The van der Waals surface area contributed by atoms with E-state index in [-0.39, 0.29) is 36.3 Å². The Kier molecular flexibility index (Phi) is 5.19. The number of carbonyl (C=O) groups excluding carboxylic acids is 2. The topological polar surface area (TPSA) is 71.8 Å². The molecule has 2 aromatic rings. The molecule has 2 atom stereocenters. The molecule has 1 N–H and O–H groups in total. The quantitative estimate of drug-likeness (QED) is 0.927. The van der Waals surface area contributed by atoms with Gasteiger partial charge in [-0.2, -0.15) is 0 Å². The number of furan rings is 1. The minimum Gasteiger partial charge on any atom is -0.454 e. The lowest BCUT2D eigenvalue weighted by molar-refractivity contribution is -0.119. The average molecular weight is 342 g/mol. The van der Waals surface area contributed by atoms with Crippen LogP contribution in [0, 0.1) is 0 Å². The number of nitrogens with zero attached hydrogens (tertiary/aromatic N) is 1. The monoisotopic (exact) mass is 342 g/mol. The first kappa shape index (κ1) is 17.2. The molecule has 0 spiro atoms. The van der Waals surface area contributed by atoms with Crippen LogP contribution in [0.1, 0.15) is 41.8 Å². The Hall–Kier alpha value is -2.60. The number of morpholine rings is 1. The molecule has 1 aromatic carbocycles. The van der Waals surface area contributed by atoms with Gasteiger partial charge in [0.05, 0.1) is 25.7 Å². The van der Waals surface area contributed by atoms with Crippen molar-refractivity contribution in [3.63, 3.8) is 0 Å². The predicted molar refractivity (Wildman–Crippen MR) is 91.9 cm³/mol. The van der Waals surface area contributed by atoms with Crippen LogP contribution in [-0.4, -0.2) is 35.9 Å². The summed E-state index contributed by atoms with van der Waals surface area (Å²) in [6, 6.07) is 13.2. The van der Waals surface area contributed by atoms with Crippen molar-refractivity contribution in [2.75, 3.05) is 13.2 Å². The summed E-state index contributed by atoms with van der Waals surface area (Å²) in [5, 5.41) is 2.65. The third-order valence-corrected chi connectivity index (χ3v) is 4.25. The Bertz CT molecular complexity index is 741. The summed E-state index contributed by atoms with van der Waals surface area (Å²) in [5.41, 5.74) is 1.05.